The van der Waals surface area contributed by atoms with E-state index < -0.39 is 32.5 Å². The first-order valence-corrected chi connectivity index (χ1v) is 14.5. The van der Waals surface area contributed by atoms with Crippen LogP contribution in [-0.2, 0) is 29.6 Å². The van der Waals surface area contributed by atoms with Crippen LogP contribution in [0.2, 0.25) is 0 Å². The number of methoxy groups -OCH3 is 1. The molecular weight excluding hydrogens is 524 g/mol. The predicted octanol–water partition coefficient (Wildman–Crippen LogP) is 0.823. The third kappa shape index (κ3) is 6.77. The van der Waals surface area contributed by atoms with Crippen LogP contribution in [0.4, 0.5) is 11.4 Å². The van der Waals surface area contributed by atoms with E-state index in [0.29, 0.717) is 5.56 Å². The van der Waals surface area contributed by atoms with Crippen molar-refractivity contribution in [2.24, 2.45) is 0 Å². The summed E-state index contributed by atoms with van der Waals surface area (Å²) >= 11 is 0. The number of rotatable bonds is 9. The minimum Gasteiger partial charge on any atom is -0.495 e. The Bertz CT molecular complexity index is 1350. The highest BCUT2D eigenvalue weighted by molar-refractivity contribution is 7.92. The third-order valence-electron chi connectivity index (χ3n) is 5.55. The number of nitrogens with zero attached hydrogens (tertiary/aromatic N) is 3. The average Bonchev–Trinajstić information content (AvgIpc) is 2.86. The summed E-state index contributed by atoms with van der Waals surface area (Å²) in [6, 6.07) is 9.86. The van der Waals surface area contributed by atoms with Crippen LogP contribution in [0, 0.1) is 0 Å². The first-order valence-electron chi connectivity index (χ1n) is 11.2. The van der Waals surface area contributed by atoms with Crippen molar-refractivity contribution in [1.82, 2.24) is 9.21 Å². The Balaban J connectivity index is 1.84. The zero-order valence-electron chi connectivity index (χ0n) is 21.0. The number of amides is 2. The van der Waals surface area contributed by atoms with Gasteiger partial charge in [0, 0.05) is 32.7 Å². The molecule has 0 bridgehead atoms. The molecule has 12 nitrogen and oxygen atoms in total. The van der Waals surface area contributed by atoms with Gasteiger partial charge in [0.1, 0.15) is 12.3 Å². The van der Waals surface area contributed by atoms with Crippen LogP contribution in [0.3, 0.4) is 0 Å². The number of morpholine rings is 1. The van der Waals surface area contributed by atoms with Crippen LogP contribution in [0.25, 0.3) is 0 Å². The van der Waals surface area contributed by atoms with Crippen LogP contribution in [-0.4, -0.2) is 98.2 Å². The van der Waals surface area contributed by atoms with Gasteiger partial charge in [0.2, 0.25) is 26.0 Å². The molecule has 0 saturated carbocycles. The SMILES string of the molecule is COc1ccc(S(=O)(=O)N2CCOCC2)cc1NC(=O)CN(c1ccc(C(=O)N(C)C)cc1)S(C)(=O)=O. The zero-order chi connectivity index (χ0) is 27.4. The fourth-order valence-electron chi connectivity index (χ4n) is 3.63. The van der Waals surface area contributed by atoms with Crippen molar-refractivity contribution in [2.45, 2.75) is 4.90 Å². The molecule has 3 rings (SSSR count). The highest BCUT2D eigenvalue weighted by Gasteiger charge is 2.28. The molecule has 2 aromatic carbocycles. The minimum atomic E-state index is -3.88. The lowest BCUT2D eigenvalue weighted by atomic mass is 10.2. The van der Waals surface area contributed by atoms with Crippen molar-refractivity contribution >= 4 is 43.2 Å². The number of hydrogen-bond donors (Lipinski definition) is 1. The van der Waals surface area contributed by atoms with Gasteiger partial charge in [-0.15, -0.1) is 0 Å². The number of carbonyl (C=O) groups excluding carboxylic acids is 2. The van der Waals surface area contributed by atoms with Gasteiger partial charge in [-0.3, -0.25) is 13.9 Å². The summed E-state index contributed by atoms with van der Waals surface area (Å²) in [6.45, 7) is 0.384. The highest BCUT2D eigenvalue weighted by atomic mass is 32.2. The van der Waals surface area contributed by atoms with Crippen LogP contribution >= 0.6 is 0 Å². The molecule has 1 N–H and O–H groups in total. The number of ether oxygens (including phenoxy) is 2. The number of hydrogen-bond acceptors (Lipinski definition) is 8. The van der Waals surface area contributed by atoms with Crippen molar-refractivity contribution in [2.75, 3.05) is 69.9 Å². The second-order valence-electron chi connectivity index (χ2n) is 8.44. The number of benzene rings is 2. The monoisotopic (exact) mass is 554 g/mol. The van der Waals surface area contributed by atoms with E-state index in [-0.39, 0.29) is 54.2 Å². The van der Waals surface area contributed by atoms with Crippen LogP contribution in [0.1, 0.15) is 10.4 Å². The maximum atomic E-state index is 13.0. The molecular formula is C23H30N4O8S2. The van der Waals surface area contributed by atoms with Gasteiger partial charge in [-0.25, -0.2) is 16.8 Å². The molecule has 0 unspecified atom stereocenters. The molecule has 2 aromatic rings. The van der Waals surface area contributed by atoms with Crippen LogP contribution in [0.5, 0.6) is 5.75 Å². The summed E-state index contributed by atoms with van der Waals surface area (Å²) in [4.78, 5) is 26.4. The second kappa shape index (κ2) is 11.5. The normalized spacial score (nSPS) is 14.6. The quantitative estimate of drug-likeness (QED) is 0.480. The van der Waals surface area contributed by atoms with Crippen molar-refractivity contribution in [1.29, 1.82) is 0 Å². The van der Waals surface area contributed by atoms with Crippen molar-refractivity contribution in [3.05, 3.63) is 48.0 Å². The Hall–Kier alpha value is -3.20. The minimum absolute atomic E-state index is 0.0494. The number of sulfonamides is 2. The maximum Gasteiger partial charge on any atom is 0.253 e. The number of carbonyl (C=O) groups is 2. The van der Waals surface area contributed by atoms with E-state index in [9.17, 15) is 26.4 Å². The molecule has 0 radical (unpaired) electrons. The molecule has 2 amide bonds. The molecule has 0 atom stereocenters. The molecule has 1 aliphatic rings. The van der Waals surface area contributed by atoms with E-state index in [2.05, 4.69) is 5.32 Å². The Morgan fingerprint density at radius 2 is 1.65 bits per heavy atom. The molecule has 1 aliphatic heterocycles. The summed E-state index contributed by atoms with van der Waals surface area (Å²) in [6.07, 6.45) is 0.954. The fourth-order valence-corrected chi connectivity index (χ4v) is 5.92. The Morgan fingerprint density at radius 3 is 2.19 bits per heavy atom. The molecule has 202 valence electrons. The van der Waals surface area contributed by atoms with Gasteiger partial charge in [0.25, 0.3) is 5.91 Å². The van der Waals surface area contributed by atoms with Gasteiger partial charge in [-0.05, 0) is 42.5 Å². The van der Waals surface area contributed by atoms with E-state index in [0.717, 1.165) is 10.6 Å². The third-order valence-corrected chi connectivity index (χ3v) is 8.58. The van der Waals surface area contributed by atoms with Crippen LogP contribution in [0.15, 0.2) is 47.4 Å². The van der Waals surface area contributed by atoms with Gasteiger partial charge in [0.15, 0.2) is 0 Å². The van der Waals surface area contributed by atoms with Gasteiger partial charge < -0.3 is 19.7 Å². The van der Waals surface area contributed by atoms with Gasteiger partial charge in [-0.1, -0.05) is 0 Å². The first kappa shape index (κ1) is 28.4. The van der Waals surface area contributed by atoms with E-state index in [1.165, 1.54) is 58.8 Å². The second-order valence-corrected chi connectivity index (χ2v) is 12.3. The fraction of sp³-hybridized carbons (Fsp3) is 0.391. The summed E-state index contributed by atoms with van der Waals surface area (Å²) in [5.41, 5.74) is 0.612. The lowest BCUT2D eigenvalue weighted by Gasteiger charge is -2.26. The van der Waals surface area contributed by atoms with Gasteiger partial charge >= 0.3 is 0 Å². The summed E-state index contributed by atoms with van der Waals surface area (Å²) < 4.78 is 63.7. The lowest BCUT2D eigenvalue weighted by Crippen LogP contribution is -2.40. The first-order chi connectivity index (χ1) is 17.3. The van der Waals surface area contributed by atoms with Gasteiger partial charge in [0.05, 0.1) is 42.8 Å². The summed E-state index contributed by atoms with van der Waals surface area (Å²) in [5.74, 6) is -0.779. The average molecular weight is 555 g/mol. The van der Waals surface area contributed by atoms with E-state index in [1.54, 1.807) is 14.1 Å². The Morgan fingerprint density at radius 1 is 1.03 bits per heavy atom. The molecule has 14 heteroatoms. The molecule has 37 heavy (non-hydrogen) atoms. The zero-order valence-corrected chi connectivity index (χ0v) is 22.6. The molecule has 1 heterocycles. The molecule has 1 saturated heterocycles. The smallest absolute Gasteiger partial charge is 0.253 e. The van der Waals surface area contributed by atoms with E-state index >= 15 is 0 Å². The topological polar surface area (TPSA) is 143 Å². The van der Waals surface area contributed by atoms with E-state index in [4.69, 9.17) is 9.47 Å². The Kier molecular flexibility index (Phi) is 8.79. The summed E-state index contributed by atoms with van der Waals surface area (Å²) in [7, 11) is -3.17. The lowest BCUT2D eigenvalue weighted by molar-refractivity contribution is -0.114. The highest BCUT2D eigenvalue weighted by Crippen LogP contribution is 2.29. The number of nitrogens with one attached hydrogen (secondary N) is 1. The molecule has 0 aliphatic carbocycles. The van der Waals surface area contributed by atoms with E-state index in [1.807, 2.05) is 0 Å². The van der Waals surface area contributed by atoms with Crippen molar-refractivity contribution < 1.29 is 35.9 Å². The molecule has 1 fully saturated rings. The largest absolute Gasteiger partial charge is 0.495 e. The standard InChI is InChI=1S/C23H30N4O8S2/c1-25(2)23(29)17-5-7-18(8-6-17)27(36(4,30)31)16-22(28)24-20-15-19(9-10-21(20)34-3)37(32,33)26-11-13-35-14-12-26/h5-10,15H,11-14,16H2,1-4H3,(H,24,28). The maximum absolute atomic E-state index is 13.0. The molecule has 0 aromatic heterocycles. The van der Waals surface area contributed by atoms with Crippen molar-refractivity contribution in [3.63, 3.8) is 0 Å². The number of anilines is 2. The van der Waals surface area contributed by atoms with Gasteiger partial charge in [-0.2, -0.15) is 4.31 Å². The molecule has 0 spiro atoms. The van der Waals surface area contributed by atoms with Crippen LogP contribution < -0.4 is 14.4 Å². The Labute approximate surface area is 216 Å². The summed E-state index contributed by atoms with van der Waals surface area (Å²) in [5, 5.41) is 2.56. The predicted molar refractivity (Wildman–Crippen MR) is 138 cm³/mol. The van der Waals surface area contributed by atoms with Crippen molar-refractivity contribution in [3.8, 4) is 5.75 Å².